The Kier molecular flexibility index (Phi) is 3.46. The van der Waals surface area contributed by atoms with E-state index in [4.69, 9.17) is 16.3 Å². The van der Waals surface area contributed by atoms with Crippen molar-refractivity contribution in [1.82, 2.24) is 5.32 Å². The second-order valence-corrected chi connectivity index (χ2v) is 4.09. The fourth-order valence-corrected chi connectivity index (χ4v) is 1.90. The number of ether oxygens (including phenoxy) is 1. The van der Waals surface area contributed by atoms with E-state index >= 15 is 0 Å². The smallest absolute Gasteiger partial charge is 0.121 e. The van der Waals surface area contributed by atoms with Crippen LogP contribution in [-0.4, -0.2) is 24.4 Å². The second kappa shape index (κ2) is 4.84. The zero-order valence-corrected chi connectivity index (χ0v) is 9.13. The number of phenolic OH excluding ortho intramolecular Hbond substituents is 1. The van der Waals surface area contributed by atoms with Gasteiger partial charge in [0.15, 0.2) is 0 Å². The minimum Gasteiger partial charge on any atom is -0.508 e. The van der Waals surface area contributed by atoms with E-state index < -0.39 is 0 Å². The van der Waals surface area contributed by atoms with E-state index in [0.717, 1.165) is 25.2 Å². The van der Waals surface area contributed by atoms with Crippen LogP contribution in [0.15, 0.2) is 18.2 Å². The van der Waals surface area contributed by atoms with Gasteiger partial charge < -0.3 is 15.2 Å². The molecule has 1 fully saturated rings. The van der Waals surface area contributed by atoms with Crippen molar-refractivity contribution in [3.8, 4) is 5.75 Å². The molecule has 0 aliphatic carbocycles. The Hall–Kier alpha value is -0.770. The number of rotatable bonds is 3. The van der Waals surface area contributed by atoms with Crippen molar-refractivity contribution < 1.29 is 9.84 Å². The van der Waals surface area contributed by atoms with Crippen molar-refractivity contribution in [3.63, 3.8) is 0 Å². The molecule has 2 N–H and O–H groups in total. The monoisotopic (exact) mass is 227 g/mol. The fraction of sp³-hybridized carbons (Fsp3) is 0.455. The molecular weight excluding hydrogens is 214 g/mol. The van der Waals surface area contributed by atoms with E-state index in [1.807, 2.05) is 0 Å². The summed E-state index contributed by atoms with van der Waals surface area (Å²) in [5, 5.41) is 13.5. The zero-order valence-electron chi connectivity index (χ0n) is 8.37. The summed E-state index contributed by atoms with van der Waals surface area (Å²) in [6.45, 7) is 2.14. The van der Waals surface area contributed by atoms with E-state index in [0.29, 0.717) is 17.6 Å². The summed E-state index contributed by atoms with van der Waals surface area (Å²) in [6.07, 6.45) is 1.02. The molecule has 1 unspecified atom stereocenters. The maximum absolute atomic E-state index is 9.61. The molecule has 0 saturated carbocycles. The van der Waals surface area contributed by atoms with Gasteiger partial charge >= 0.3 is 0 Å². The quantitative estimate of drug-likeness (QED) is 0.829. The summed E-state index contributed by atoms with van der Waals surface area (Å²) in [5.41, 5.74) is 0.756. The molecule has 1 aliphatic rings. The predicted molar refractivity (Wildman–Crippen MR) is 59.2 cm³/mol. The Labute approximate surface area is 94.0 Å². The number of hydrogen-bond acceptors (Lipinski definition) is 3. The molecule has 4 heteroatoms. The van der Waals surface area contributed by atoms with Crippen LogP contribution in [0.5, 0.6) is 5.75 Å². The third-order valence-electron chi connectivity index (χ3n) is 2.59. The van der Waals surface area contributed by atoms with Crippen LogP contribution in [0, 0.1) is 0 Å². The van der Waals surface area contributed by atoms with Crippen molar-refractivity contribution >= 4 is 11.6 Å². The molecular formula is C11H14ClNO2. The lowest BCUT2D eigenvalue weighted by Crippen LogP contribution is -2.28. The van der Waals surface area contributed by atoms with Gasteiger partial charge in [0.1, 0.15) is 5.75 Å². The first-order valence-electron chi connectivity index (χ1n) is 5.05. The molecule has 0 bridgehead atoms. The number of phenols is 1. The number of aromatic hydroxyl groups is 1. The van der Waals surface area contributed by atoms with Crippen molar-refractivity contribution in [2.24, 2.45) is 0 Å². The molecule has 15 heavy (non-hydrogen) atoms. The third kappa shape index (κ3) is 2.62. The van der Waals surface area contributed by atoms with Crippen molar-refractivity contribution in [2.45, 2.75) is 19.0 Å². The van der Waals surface area contributed by atoms with Crippen molar-refractivity contribution in [1.29, 1.82) is 0 Å². The number of halogens is 1. The van der Waals surface area contributed by atoms with Gasteiger partial charge in [-0.25, -0.2) is 0 Å². The summed E-state index contributed by atoms with van der Waals surface area (Å²) in [4.78, 5) is 0. The largest absolute Gasteiger partial charge is 0.508 e. The number of nitrogens with one attached hydrogen (secondary N) is 1. The van der Waals surface area contributed by atoms with E-state index in [1.54, 1.807) is 18.2 Å². The molecule has 0 spiro atoms. The highest BCUT2D eigenvalue weighted by Crippen LogP contribution is 2.25. The lowest BCUT2D eigenvalue weighted by molar-refractivity contribution is 0.189. The standard InChI is InChI=1S/C11H14ClNO2/c12-10-2-1-3-11(14)9(10)6-13-8-4-5-15-7-8/h1-3,8,13-14H,4-7H2. The highest BCUT2D eigenvalue weighted by molar-refractivity contribution is 6.31. The lowest BCUT2D eigenvalue weighted by Gasteiger charge is -2.12. The molecule has 0 amide bonds. The lowest BCUT2D eigenvalue weighted by atomic mass is 10.2. The Morgan fingerprint density at radius 2 is 2.40 bits per heavy atom. The van der Waals surface area contributed by atoms with Crippen molar-refractivity contribution in [3.05, 3.63) is 28.8 Å². The van der Waals surface area contributed by atoms with Crippen molar-refractivity contribution in [2.75, 3.05) is 13.2 Å². The first-order valence-corrected chi connectivity index (χ1v) is 5.42. The minimum atomic E-state index is 0.244. The van der Waals surface area contributed by atoms with Gasteiger partial charge in [0.2, 0.25) is 0 Å². The second-order valence-electron chi connectivity index (χ2n) is 3.68. The molecule has 1 aromatic rings. The molecule has 1 aromatic carbocycles. The molecule has 1 aliphatic heterocycles. The highest BCUT2D eigenvalue weighted by Gasteiger charge is 2.15. The van der Waals surface area contributed by atoms with Crippen LogP contribution in [0.25, 0.3) is 0 Å². The normalized spacial score (nSPS) is 20.7. The van der Waals surface area contributed by atoms with Crippen LogP contribution in [0.2, 0.25) is 5.02 Å². The first kappa shape index (κ1) is 10.7. The fourth-order valence-electron chi connectivity index (χ4n) is 1.66. The van der Waals surface area contributed by atoms with Gasteiger partial charge in [0.25, 0.3) is 0 Å². The summed E-state index contributed by atoms with van der Waals surface area (Å²) < 4.78 is 5.25. The topological polar surface area (TPSA) is 41.5 Å². The molecule has 0 radical (unpaired) electrons. The summed E-state index contributed by atoms with van der Waals surface area (Å²) in [5.74, 6) is 0.244. The molecule has 3 nitrogen and oxygen atoms in total. The maximum Gasteiger partial charge on any atom is 0.121 e. The molecule has 82 valence electrons. The van der Waals surface area contributed by atoms with Gasteiger partial charge in [0, 0.05) is 29.8 Å². The molecule has 0 aromatic heterocycles. The molecule has 1 atom stereocenters. The number of hydrogen-bond donors (Lipinski definition) is 2. The van der Waals surface area contributed by atoms with E-state index in [9.17, 15) is 5.11 Å². The maximum atomic E-state index is 9.61. The van der Waals surface area contributed by atoms with Crippen LogP contribution in [0.4, 0.5) is 0 Å². The van der Waals surface area contributed by atoms with E-state index in [2.05, 4.69) is 5.32 Å². The molecule has 2 rings (SSSR count). The Balaban J connectivity index is 1.97. The molecule has 1 heterocycles. The van der Waals surface area contributed by atoms with Crippen LogP contribution in [-0.2, 0) is 11.3 Å². The van der Waals surface area contributed by atoms with Gasteiger partial charge in [0.05, 0.1) is 6.61 Å². The molecule has 1 saturated heterocycles. The van der Waals surface area contributed by atoms with Gasteiger partial charge in [-0.05, 0) is 18.6 Å². The SMILES string of the molecule is Oc1cccc(Cl)c1CNC1CCOC1. The van der Waals surface area contributed by atoms with Gasteiger partial charge in [-0.2, -0.15) is 0 Å². The third-order valence-corrected chi connectivity index (χ3v) is 2.95. The van der Waals surface area contributed by atoms with Crippen LogP contribution in [0.3, 0.4) is 0 Å². The average Bonchev–Trinajstić information content (AvgIpc) is 2.70. The Bertz CT molecular complexity index is 317. The summed E-state index contributed by atoms with van der Waals surface area (Å²) in [7, 11) is 0. The summed E-state index contributed by atoms with van der Waals surface area (Å²) in [6, 6.07) is 5.54. The average molecular weight is 228 g/mol. The zero-order chi connectivity index (χ0) is 10.7. The first-order chi connectivity index (χ1) is 7.27. The van der Waals surface area contributed by atoms with Gasteiger partial charge in [-0.1, -0.05) is 17.7 Å². The van der Waals surface area contributed by atoms with Gasteiger partial charge in [-0.3, -0.25) is 0 Å². The van der Waals surface area contributed by atoms with Gasteiger partial charge in [-0.15, -0.1) is 0 Å². The summed E-state index contributed by atoms with van der Waals surface area (Å²) >= 11 is 5.98. The van der Waals surface area contributed by atoms with E-state index in [1.165, 1.54) is 0 Å². The Morgan fingerprint density at radius 3 is 3.07 bits per heavy atom. The van der Waals surface area contributed by atoms with Crippen LogP contribution < -0.4 is 5.32 Å². The van der Waals surface area contributed by atoms with E-state index in [-0.39, 0.29) is 5.75 Å². The highest BCUT2D eigenvalue weighted by atomic mass is 35.5. The minimum absolute atomic E-state index is 0.244. The predicted octanol–water partition coefficient (Wildman–Crippen LogP) is 1.92. The Morgan fingerprint density at radius 1 is 1.53 bits per heavy atom. The number of benzene rings is 1. The van der Waals surface area contributed by atoms with Crippen LogP contribution in [0.1, 0.15) is 12.0 Å². The van der Waals surface area contributed by atoms with Crippen LogP contribution >= 0.6 is 11.6 Å².